The van der Waals surface area contributed by atoms with Crippen LogP contribution in [0.15, 0.2) is 60.9 Å². The second-order valence-corrected chi connectivity index (χ2v) is 6.11. The van der Waals surface area contributed by atoms with Crippen molar-refractivity contribution in [2.75, 3.05) is 18.2 Å². The highest BCUT2D eigenvalue weighted by molar-refractivity contribution is 6.15. The molecule has 1 amide bonds. The summed E-state index contributed by atoms with van der Waals surface area (Å²) in [5, 5.41) is 11.2. The number of amides is 1. The number of nitrogens with two attached hydrogens (primary N) is 1. The van der Waals surface area contributed by atoms with Crippen LogP contribution in [0.5, 0.6) is 5.75 Å². The summed E-state index contributed by atoms with van der Waals surface area (Å²) >= 11 is 0. The highest BCUT2D eigenvalue weighted by Gasteiger charge is 2.16. The van der Waals surface area contributed by atoms with Gasteiger partial charge in [-0.2, -0.15) is 0 Å². The topological polar surface area (TPSA) is 101 Å². The van der Waals surface area contributed by atoms with Crippen LogP contribution in [0.3, 0.4) is 0 Å². The molecule has 0 saturated carbocycles. The molecule has 0 aliphatic carbocycles. The fourth-order valence-electron chi connectivity index (χ4n) is 2.76. The molecule has 0 atom stereocenters. The first-order valence-electron chi connectivity index (χ1n) is 8.49. The molecule has 3 rings (SSSR count). The summed E-state index contributed by atoms with van der Waals surface area (Å²) in [6.07, 6.45) is 3.39. The first-order chi connectivity index (χ1) is 13.5. The van der Waals surface area contributed by atoms with E-state index in [9.17, 15) is 9.18 Å². The molecule has 7 heteroatoms. The number of nitrogens with one attached hydrogen (secondary N) is 2. The molecule has 0 unspecified atom stereocenters. The van der Waals surface area contributed by atoms with Gasteiger partial charge >= 0.3 is 0 Å². The van der Waals surface area contributed by atoms with Crippen molar-refractivity contribution in [2.24, 2.45) is 0 Å². The van der Waals surface area contributed by atoms with Crippen molar-refractivity contribution >= 4 is 23.0 Å². The van der Waals surface area contributed by atoms with Crippen molar-refractivity contribution in [1.82, 2.24) is 4.98 Å². The number of pyridine rings is 1. The highest BCUT2D eigenvalue weighted by atomic mass is 19.1. The van der Waals surface area contributed by atoms with Crippen molar-refractivity contribution in [3.05, 3.63) is 83.4 Å². The average Bonchev–Trinajstić information content (AvgIpc) is 2.69. The lowest BCUT2D eigenvalue weighted by atomic mass is 9.99. The molecule has 0 fully saturated rings. The van der Waals surface area contributed by atoms with Crippen LogP contribution in [0.1, 0.15) is 16.7 Å². The van der Waals surface area contributed by atoms with Crippen molar-refractivity contribution in [3.8, 4) is 5.75 Å². The van der Waals surface area contributed by atoms with Crippen LogP contribution in [-0.4, -0.2) is 23.7 Å². The molecule has 2 aromatic carbocycles. The maximum atomic E-state index is 13.5. The second-order valence-electron chi connectivity index (χ2n) is 6.11. The first kappa shape index (κ1) is 19.0. The molecule has 4 N–H and O–H groups in total. The predicted octanol–water partition coefficient (Wildman–Crippen LogP) is 3.41. The van der Waals surface area contributed by atoms with Crippen LogP contribution in [0, 0.1) is 11.2 Å². The van der Waals surface area contributed by atoms with Gasteiger partial charge in [0.15, 0.2) is 0 Å². The monoisotopic (exact) mass is 378 g/mol. The number of rotatable bonds is 6. The SMILES string of the molecule is COc1cc(N)c(C(=N)c2cccc(F)c2)cc1NC(=O)Cc1cccnc1. The summed E-state index contributed by atoms with van der Waals surface area (Å²) in [4.78, 5) is 16.4. The Kier molecular flexibility index (Phi) is 5.64. The minimum atomic E-state index is -0.445. The molecule has 142 valence electrons. The number of hydrogen-bond acceptors (Lipinski definition) is 5. The summed E-state index contributed by atoms with van der Waals surface area (Å²) in [5.41, 5.74) is 8.28. The number of hydrogen-bond donors (Lipinski definition) is 3. The molecule has 0 spiro atoms. The Labute approximate surface area is 161 Å². The lowest BCUT2D eigenvalue weighted by Gasteiger charge is -2.15. The van der Waals surface area contributed by atoms with Gasteiger partial charge in [-0.3, -0.25) is 15.2 Å². The molecule has 0 aliphatic rings. The summed E-state index contributed by atoms with van der Waals surface area (Å²) in [5.74, 6) is -0.341. The molecule has 28 heavy (non-hydrogen) atoms. The van der Waals surface area contributed by atoms with Gasteiger partial charge < -0.3 is 15.8 Å². The average molecular weight is 378 g/mol. The van der Waals surface area contributed by atoms with Crippen molar-refractivity contribution in [3.63, 3.8) is 0 Å². The predicted molar refractivity (Wildman–Crippen MR) is 106 cm³/mol. The molecule has 3 aromatic rings. The fourth-order valence-corrected chi connectivity index (χ4v) is 2.76. The zero-order valence-corrected chi connectivity index (χ0v) is 15.2. The number of aromatic nitrogens is 1. The van der Waals surface area contributed by atoms with E-state index in [0.29, 0.717) is 22.6 Å². The van der Waals surface area contributed by atoms with E-state index >= 15 is 0 Å². The maximum Gasteiger partial charge on any atom is 0.228 e. The quantitative estimate of drug-likeness (QED) is 0.452. The number of anilines is 2. The van der Waals surface area contributed by atoms with E-state index in [-0.39, 0.29) is 23.7 Å². The Morgan fingerprint density at radius 2 is 2.07 bits per heavy atom. The van der Waals surface area contributed by atoms with Crippen LogP contribution in [0.2, 0.25) is 0 Å². The van der Waals surface area contributed by atoms with Crippen molar-refractivity contribution < 1.29 is 13.9 Å². The molecular formula is C21H19FN4O2. The zero-order valence-electron chi connectivity index (χ0n) is 15.2. The van der Waals surface area contributed by atoms with E-state index in [2.05, 4.69) is 10.3 Å². The van der Waals surface area contributed by atoms with Crippen LogP contribution in [0.4, 0.5) is 15.8 Å². The Bertz CT molecular complexity index is 1020. The lowest BCUT2D eigenvalue weighted by Crippen LogP contribution is -2.16. The van der Waals surface area contributed by atoms with Gasteiger partial charge in [-0.25, -0.2) is 4.39 Å². The Morgan fingerprint density at radius 3 is 2.75 bits per heavy atom. The highest BCUT2D eigenvalue weighted by Crippen LogP contribution is 2.31. The van der Waals surface area contributed by atoms with Gasteiger partial charge in [0.05, 0.1) is 24.9 Å². The summed E-state index contributed by atoms with van der Waals surface area (Å²) < 4.78 is 18.8. The number of methoxy groups -OCH3 is 1. The molecule has 0 aliphatic heterocycles. The smallest absolute Gasteiger partial charge is 0.228 e. The number of nitrogen functional groups attached to an aromatic ring is 1. The van der Waals surface area contributed by atoms with Gasteiger partial charge in [-0.05, 0) is 29.8 Å². The minimum Gasteiger partial charge on any atom is -0.494 e. The normalized spacial score (nSPS) is 10.4. The molecule has 1 aromatic heterocycles. The van der Waals surface area contributed by atoms with Gasteiger partial charge in [0.2, 0.25) is 5.91 Å². The third-order valence-corrected chi connectivity index (χ3v) is 4.12. The van der Waals surface area contributed by atoms with E-state index < -0.39 is 5.82 Å². The van der Waals surface area contributed by atoms with Crippen molar-refractivity contribution in [1.29, 1.82) is 5.41 Å². The van der Waals surface area contributed by atoms with Crippen LogP contribution < -0.4 is 15.8 Å². The molecular weight excluding hydrogens is 359 g/mol. The van der Waals surface area contributed by atoms with Crippen LogP contribution in [0.25, 0.3) is 0 Å². The third-order valence-electron chi connectivity index (χ3n) is 4.12. The van der Waals surface area contributed by atoms with Crippen LogP contribution in [-0.2, 0) is 11.2 Å². The van der Waals surface area contributed by atoms with E-state index in [1.165, 1.54) is 31.4 Å². The molecule has 0 bridgehead atoms. The molecule has 1 heterocycles. The van der Waals surface area contributed by atoms with Gasteiger partial charge in [-0.15, -0.1) is 0 Å². The summed E-state index contributed by atoms with van der Waals surface area (Å²) in [7, 11) is 1.46. The second kappa shape index (κ2) is 8.30. The Balaban J connectivity index is 1.89. The largest absolute Gasteiger partial charge is 0.494 e. The lowest BCUT2D eigenvalue weighted by molar-refractivity contribution is -0.115. The van der Waals surface area contributed by atoms with Crippen LogP contribution >= 0.6 is 0 Å². The molecule has 0 radical (unpaired) electrons. The number of halogens is 1. The number of nitrogens with zero attached hydrogens (tertiary/aromatic N) is 1. The summed E-state index contributed by atoms with van der Waals surface area (Å²) in [6, 6.07) is 12.4. The molecule has 6 nitrogen and oxygen atoms in total. The Morgan fingerprint density at radius 1 is 1.25 bits per heavy atom. The number of carbonyl (C=O) groups is 1. The van der Waals surface area contributed by atoms with Gasteiger partial charge in [0, 0.05) is 35.3 Å². The number of benzene rings is 2. The van der Waals surface area contributed by atoms with E-state index in [4.69, 9.17) is 15.9 Å². The fraction of sp³-hybridized carbons (Fsp3) is 0.0952. The van der Waals surface area contributed by atoms with E-state index in [1.54, 1.807) is 36.7 Å². The van der Waals surface area contributed by atoms with Crippen molar-refractivity contribution in [2.45, 2.75) is 6.42 Å². The Hall–Kier alpha value is -3.74. The molecule has 0 saturated heterocycles. The minimum absolute atomic E-state index is 0.0439. The maximum absolute atomic E-state index is 13.5. The zero-order chi connectivity index (χ0) is 20.1. The third kappa shape index (κ3) is 4.32. The first-order valence-corrected chi connectivity index (χ1v) is 8.49. The van der Waals surface area contributed by atoms with E-state index in [0.717, 1.165) is 5.56 Å². The summed E-state index contributed by atoms with van der Waals surface area (Å²) in [6.45, 7) is 0. The van der Waals surface area contributed by atoms with Gasteiger partial charge in [-0.1, -0.05) is 18.2 Å². The van der Waals surface area contributed by atoms with Gasteiger partial charge in [0.25, 0.3) is 0 Å². The van der Waals surface area contributed by atoms with E-state index in [1.807, 2.05) is 0 Å². The standard InChI is InChI=1S/C21H19FN4O2/c1-28-19-11-17(23)16(21(24)14-5-2-6-15(22)9-14)10-18(19)26-20(27)8-13-4-3-7-25-12-13/h2-7,9-12,24H,8,23H2,1H3,(H,26,27). The number of ether oxygens (including phenoxy) is 1. The van der Waals surface area contributed by atoms with Gasteiger partial charge in [0.1, 0.15) is 11.6 Å². The number of carbonyl (C=O) groups excluding carboxylic acids is 1.